The van der Waals surface area contributed by atoms with Crippen molar-refractivity contribution in [3.8, 4) is 10.4 Å². The number of carbonyl (C=O) groups excluding carboxylic acids is 1. The summed E-state index contributed by atoms with van der Waals surface area (Å²) < 4.78 is 13.2. The van der Waals surface area contributed by atoms with Crippen molar-refractivity contribution >= 4 is 17.1 Å². The van der Waals surface area contributed by atoms with Crippen LogP contribution in [0, 0.1) is 5.41 Å². The number of halogens is 1. The van der Waals surface area contributed by atoms with Crippen molar-refractivity contribution in [3.05, 3.63) is 46.8 Å². The minimum Gasteiger partial charge on any atom is -0.298 e. The summed E-state index contributed by atoms with van der Waals surface area (Å²) >= 11 is 1.78. The Morgan fingerprint density at radius 1 is 1.12 bits per heavy atom. The molecule has 0 unspecified atom stereocenters. The predicted molar refractivity (Wildman–Crippen MR) is 103 cm³/mol. The first-order valence-corrected chi connectivity index (χ1v) is 9.75. The first kappa shape index (κ1) is 18.3. The third-order valence-corrected chi connectivity index (χ3v) is 5.79. The largest absolute Gasteiger partial charge is 0.298 e. The van der Waals surface area contributed by atoms with Gasteiger partial charge >= 0.3 is 0 Å². The second-order valence-electron chi connectivity index (χ2n) is 7.87. The van der Waals surface area contributed by atoms with E-state index >= 15 is 0 Å². The summed E-state index contributed by atoms with van der Waals surface area (Å²) in [6.45, 7) is 8.43. The van der Waals surface area contributed by atoms with Crippen LogP contribution in [0.1, 0.15) is 48.8 Å². The summed E-state index contributed by atoms with van der Waals surface area (Å²) in [7, 11) is 0. The smallest absolute Gasteiger partial charge is 0.168 e. The van der Waals surface area contributed by atoms with E-state index in [9.17, 15) is 9.18 Å². The van der Waals surface area contributed by atoms with Crippen molar-refractivity contribution in [2.45, 2.75) is 46.3 Å². The molecule has 1 fully saturated rings. The highest BCUT2D eigenvalue weighted by molar-refractivity contribution is 7.15. The summed E-state index contributed by atoms with van der Waals surface area (Å²) in [5, 5.41) is 0. The van der Waals surface area contributed by atoms with Crippen LogP contribution < -0.4 is 0 Å². The lowest BCUT2D eigenvalue weighted by molar-refractivity contribution is 0.0858. The molecule has 1 aromatic heterocycles. The topological polar surface area (TPSA) is 20.3 Å². The first-order valence-electron chi connectivity index (χ1n) is 8.93. The summed E-state index contributed by atoms with van der Waals surface area (Å²) in [6.07, 6.45) is 0.688. The summed E-state index contributed by atoms with van der Waals surface area (Å²) in [6, 6.07) is 12.2. The van der Waals surface area contributed by atoms with Crippen LogP contribution in [0.5, 0.6) is 0 Å². The highest BCUT2D eigenvalue weighted by Crippen LogP contribution is 2.30. The highest BCUT2D eigenvalue weighted by Gasteiger charge is 2.23. The van der Waals surface area contributed by atoms with E-state index in [-0.39, 0.29) is 11.2 Å². The SMILES string of the molecule is CC(C)(C)C(=O)c1ccc(-c2ccc(CN3CCC(F)CC3)s2)cc1. The average Bonchev–Trinajstić information content (AvgIpc) is 3.04. The minimum absolute atomic E-state index is 0.169. The molecular formula is C21H26FNOS. The van der Waals surface area contributed by atoms with Crippen LogP contribution in [-0.2, 0) is 6.54 Å². The van der Waals surface area contributed by atoms with Crippen LogP contribution in [0.2, 0.25) is 0 Å². The van der Waals surface area contributed by atoms with Crippen molar-refractivity contribution in [3.63, 3.8) is 0 Å². The molecule has 2 aromatic rings. The predicted octanol–water partition coefficient (Wildman–Crippen LogP) is 5.58. The van der Waals surface area contributed by atoms with E-state index < -0.39 is 6.17 Å². The Hall–Kier alpha value is -1.52. The molecule has 2 heterocycles. The molecular weight excluding hydrogens is 333 g/mol. The van der Waals surface area contributed by atoms with Gasteiger partial charge in [-0.15, -0.1) is 11.3 Å². The van der Waals surface area contributed by atoms with Crippen molar-refractivity contribution in [1.82, 2.24) is 4.90 Å². The maximum absolute atomic E-state index is 13.2. The fourth-order valence-corrected chi connectivity index (χ4v) is 4.17. The van der Waals surface area contributed by atoms with E-state index in [0.717, 1.165) is 30.8 Å². The Morgan fingerprint density at radius 3 is 2.36 bits per heavy atom. The van der Waals surface area contributed by atoms with Gasteiger partial charge in [-0.05, 0) is 30.5 Å². The molecule has 0 N–H and O–H groups in total. The number of alkyl halides is 1. The van der Waals surface area contributed by atoms with Crippen LogP contribution in [0.15, 0.2) is 36.4 Å². The normalized spacial score (nSPS) is 17.0. The molecule has 2 nitrogen and oxygen atoms in total. The van der Waals surface area contributed by atoms with E-state index in [2.05, 4.69) is 17.0 Å². The number of rotatable bonds is 4. The lowest BCUT2D eigenvalue weighted by Gasteiger charge is -2.27. The van der Waals surface area contributed by atoms with Crippen LogP contribution >= 0.6 is 11.3 Å². The molecule has 1 saturated heterocycles. The second kappa shape index (κ2) is 7.38. The van der Waals surface area contributed by atoms with Gasteiger partial charge in [-0.25, -0.2) is 4.39 Å². The molecule has 0 radical (unpaired) electrons. The molecule has 0 amide bonds. The molecule has 1 aliphatic rings. The number of thiophene rings is 1. The fraction of sp³-hybridized carbons (Fsp3) is 0.476. The highest BCUT2D eigenvalue weighted by atomic mass is 32.1. The van der Waals surface area contributed by atoms with Gasteiger partial charge in [0.05, 0.1) is 0 Å². The number of benzene rings is 1. The lowest BCUT2D eigenvalue weighted by Crippen LogP contribution is -2.33. The van der Waals surface area contributed by atoms with E-state index in [1.807, 2.05) is 45.0 Å². The molecule has 1 aliphatic heterocycles. The molecule has 0 spiro atoms. The average molecular weight is 360 g/mol. The van der Waals surface area contributed by atoms with E-state index in [4.69, 9.17) is 0 Å². The molecule has 1 aromatic carbocycles. The Morgan fingerprint density at radius 2 is 1.76 bits per heavy atom. The van der Waals surface area contributed by atoms with Gasteiger partial charge < -0.3 is 0 Å². The van der Waals surface area contributed by atoms with Gasteiger partial charge in [-0.3, -0.25) is 9.69 Å². The zero-order valence-electron chi connectivity index (χ0n) is 15.2. The third-order valence-electron chi connectivity index (χ3n) is 4.67. The Balaban J connectivity index is 1.67. The van der Waals surface area contributed by atoms with Gasteiger partial charge in [0.25, 0.3) is 0 Å². The Bertz CT molecular complexity index is 721. The van der Waals surface area contributed by atoms with Gasteiger partial charge in [0, 0.05) is 40.4 Å². The van der Waals surface area contributed by atoms with Crippen molar-refractivity contribution in [2.24, 2.45) is 5.41 Å². The molecule has 0 aliphatic carbocycles. The van der Waals surface area contributed by atoms with Crippen molar-refractivity contribution < 1.29 is 9.18 Å². The molecule has 4 heteroatoms. The van der Waals surface area contributed by atoms with Crippen LogP contribution in [0.25, 0.3) is 10.4 Å². The molecule has 3 rings (SSSR count). The van der Waals surface area contributed by atoms with Gasteiger partial charge in [0.15, 0.2) is 5.78 Å². The maximum atomic E-state index is 13.2. The van der Waals surface area contributed by atoms with Crippen LogP contribution in [0.3, 0.4) is 0 Å². The first-order chi connectivity index (χ1) is 11.8. The second-order valence-corrected chi connectivity index (χ2v) is 9.04. The Labute approximate surface area is 153 Å². The summed E-state index contributed by atoms with van der Waals surface area (Å²) in [4.78, 5) is 17.2. The number of hydrogen-bond donors (Lipinski definition) is 0. The number of nitrogens with zero attached hydrogens (tertiary/aromatic N) is 1. The molecule has 25 heavy (non-hydrogen) atoms. The molecule has 0 atom stereocenters. The molecule has 0 bridgehead atoms. The van der Waals surface area contributed by atoms with E-state index in [0.29, 0.717) is 12.8 Å². The standard InChI is InChI=1S/C21H26FNOS/c1-21(2,3)20(24)16-6-4-15(5-7-16)19-9-8-18(25-19)14-23-12-10-17(22)11-13-23/h4-9,17H,10-14H2,1-3H3. The minimum atomic E-state index is -0.621. The maximum Gasteiger partial charge on any atom is 0.168 e. The van der Waals surface area contributed by atoms with E-state index in [1.165, 1.54) is 9.75 Å². The molecule has 0 saturated carbocycles. The zero-order chi connectivity index (χ0) is 18.0. The number of likely N-dealkylation sites (tertiary alicyclic amines) is 1. The third kappa shape index (κ3) is 4.56. The quantitative estimate of drug-likeness (QED) is 0.664. The van der Waals surface area contributed by atoms with Gasteiger partial charge in [0.1, 0.15) is 6.17 Å². The number of piperidine rings is 1. The van der Waals surface area contributed by atoms with Gasteiger partial charge in [-0.1, -0.05) is 45.0 Å². The van der Waals surface area contributed by atoms with Crippen molar-refractivity contribution in [2.75, 3.05) is 13.1 Å². The van der Waals surface area contributed by atoms with Crippen LogP contribution in [0.4, 0.5) is 4.39 Å². The monoisotopic (exact) mass is 359 g/mol. The fourth-order valence-electron chi connectivity index (χ4n) is 3.12. The molecule has 134 valence electrons. The zero-order valence-corrected chi connectivity index (χ0v) is 16.0. The summed E-state index contributed by atoms with van der Waals surface area (Å²) in [5.41, 5.74) is 1.55. The number of carbonyl (C=O) groups is 1. The number of Topliss-reactive ketones (excluding diaryl/α,β-unsaturated/α-hetero) is 1. The summed E-state index contributed by atoms with van der Waals surface area (Å²) in [5.74, 6) is 0.169. The van der Waals surface area contributed by atoms with E-state index in [1.54, 1.807) is 11.3 Å². The lowest BCUT2D eigenvalue weighted by atomic mass is 9.86. The number of ketones is 1. The van der Waals surface area contributed by atoms with Gasteiger partial charge in [0.2, 0.25) is 0 Å². The van der Waals surface area contributed by atoms with Crippen molar-refractivity contribution in [1.29, 1.82) is 0 Å². The number of hydrogen-bond acceptors (Lipinski definition) is 3. The van der Waals surface area contributed by atoms with Crippen LogP contribution in [-0.4, -0.2) is 29.9 Å². The Kier molecular flexibility index (Phi) is 5.40. The van der Waals surface area contributed by atoms with Gasteiger partial charge in [-0.2, -0.15) is 0 Å².